The fourth-order valence-corrected chi connectivity index (χ4v) is 4.46. The summed E-state index contributed by atoms with van der Waals surface area (Å²) in [7, 11) is 0. The topological polar surface area (TPSA) is 3.24 Å². The van der Waals surface area contributed by atoms with Crippen molar-refractivity contribution in [2.45, 2.75) is 39.7 Å². The predicted molar refractivity (Wildman–Crippen MR) is 54.5 cm³/mol. The van der Waals surface area contributed by atoms with Gasteiger partial charge in [0.05, 0.1) is 0 Å². The van der Waals surface area contributed by atoms with Crippen molar-refractivity contribution in [1.82, 2.24) is 4.90 Å². The van der Waals surface area contributed by atoms with Crippen molar-refractivity contribution in [3.8, 4) is 0 Å². The molecule has 0 N–H and O–H groups in total. The number of hydrogen-bond acceptors (Lipinski definition) is 1. The van der Waals surface area contributed by atoms with Crippen LogP contribution in [0.3, 0.4) is 0 Å². The fraction of sp³-hybridized carbons (Fsp3) is 1.00. The Labute approximate surface area is 81.5 Å². The Hall–Kier alpha value is -0.0400. The molecule has 2 atom stereocenters. The molecule has 0 aromatic rings. The minimum absolute atomic E-state index is 0.772. The largest absolute Gasteiger partial charge is 0.300 e. The zero-order chi connectivity index (χ0) is 9.22. The average Bonchev–Trinajstić information content (AvgIpc) is 1.98. The molecule has 0 bridgehead atoms. The first kappa shape index (κ1) is 8.28. The van der Waals surface area contributed by atoms with Crippen molar-refractivity contribution in [2.75, 3.05) is 13.1 Å². The molecule has 13 heavy (non-hydrogen) atoms. The lowest BCUT2D eigenvalue weighted by Crippen LogP contribution is -2.68. The summed E-state index contributed by atoms with van der Waals surface area (Å²) in [6.45, 7) is 9.99. The van der Waals surface area contributed by atoms with Gasteiger partial charge in [-0.2, -0.15) is 0 Å². The van der Waals surface area contributed by atoms with Gasteiger partial charge in [-0.3, -0.25) is 0 Å². The first-order valence-electron chi connectivity index (χ1n) is 5.84. The zero-order valence-corrected chi connectivity index (χ0v) is 9.09. The second-order valence-electron chi connectivity index (χ2n) is 6.16. The predicted octanol–water partition coefficient (Wildman–Crippen LogP) is 2.37. The quantitative estimate of drug-likeness (QED) is 0.597. The summed E-state index contributed by atoms with van der Waals surface area (Å²) in [6, 6.07) is 0.772. The van der Waals surface area contributed by atoms with Crippen molar-refractivity contribution in [1.29, 1.82) is 0 Å². The number of rotatable bonds is 1. The number of likely N-dealkylation sites (tertiary alicyclic amines) is 1. The van der Waals surface area contributed by atoms with Crippen molar-refractivity contribution >= 4 is 0 Å². The molecule has 1 saturated heterocycles. The molecule has 1 heteroatoms. The van der Waals surface area contributed by atoms with Gasteiger partial charge in [-0.25, -0.2) is 0 Å². The number of piperidine rings is 1. The molecule has 3 fully saturated rings. The summed E-state index contributed by atoms with van der Waals surface area (Å²) in [5.74, 6) is 3.27. The molecule has 1 heterocycles. The van der Waals surface area contributed by atoms with Gasteiger partial charge >= 0.3 is 0 Å². The van der Waals surface area contributed by atoms with Gasteiger partial charge in [-0.05, 0) is 49.9 Å². The van der Waals surface area contributed by atoms with Crippen LogP contribution in [0.1, 0.15) is 33.6 Å². The molecule has 3 aliphatic rings. The Morgan fingerprint density at radius 2 is 1.69 bits per heavy atom. The van der Waals surface area contributed by atoms with Crippen LogP contribution >= 0.6 is 0 Å². The van der Waals surface area contributed by atoms with E-state index in [1.165, 1.54) is 25.9 Å². The van der Waals surface area contributed by atoms with Gasteiger partial charge in [0, 0.05) is 19.1 Å². The Balaban J connectivity index is 1.73. The second kappa shape index (κ2) is 2.31. The van der Waals surface area contributed by atoms with Gasteiger partial charge < -0.3 is 4.90 Å². The minimum atomic E-state index is 0.772. The summed E-state index contributed by atoms with van der Waals surface area (Å²) >= 11 is 0. The van der Waals surface area contributed by atoms with Gasteiger partial charge in [-0.1, -0.05) is 6.92 Å². The molecular weight excluding hydrogens is 158 g/mol. The van der Waals surface area contributed by atoms with Gasteiger partial charge in [0.25, 0.3) is 0 Å². The highest BCUT2D eigenvalue weighted by Gasteiger charge is 2.64. The fourth-order valence-electron chi connectivity index (χ4n) is 4.46. The maximum absolute atomic E-state index is 2.70. The van der Waals surface area contributed by atoms with Crippen LogP contribution in [0.15, 0.2) is 0 Å². The lowest BCUT2D eigenvalue weighted by atomic mass is 9.38. The van der Waals surface area contributed by atoms with E-state index in [9.17, 15) is 0 Å². The molecule has 1 nitrogen and oxygen atoms in total. The van der Waals surface area contributed by atoms with Crippen LogP contribution in [0, 0.1) is 23.2 Å². The van der Waals surface area contributed by atoms with E-state index in [1.807, 2.05) is 0 Å². The summed E-state index contributed by atoms with van der Waals surface area (Å²) in [5.41, 5.74) is 0.804. The van der Waals surface area contributed by atoms with Crippen molar-refractivity contribution in [3.63, 3.8) is 0 Å². The van der Waals surface area contributed by atoms with Crippen molar-refractivity contribution < 1.29 is 0 Å². The summed E-state index contributed by atoms with van der Waals surface area (Å²) in [6.07, 6.45) is 3.05. The van der Waals surface area contributed by atoms with E-state index in [2.05, 4.69) is 25.7 Å². The molecule has 2 unspecified atom stereocenters. The molecule has 74 valence electrons. The third-order valence-corrected chi connectivity index (χ3v) is 4.95. The lowest BCUT2D eigenvalue weighted by Gasteiger charge is -2.70. The van der Waals surface area contributed by atoms with Crippen LogP contribution in [0.25, 0.3) is 0 Å². The van der Waals surface area contributed by atoms with Gasteiger partial charge in [0.1, 0.15) is 0 Å². The van der Waals surface area contributed by atoms with E-state index >= 15 is 0 Å². The third-order valence-electron chi connectivity index (χ3n) is 4.95. The number of hydrogen-bond donors (Lipinski definition) is 0. The van der Waals surface area contributed by atoms with E-state index in [1.54, 1.807) is 0 Å². The van der Waals surface area contributed by atoms with Gasteiger partial charge in [-0.15, -0.1) is 0 Å². The van der Waals surface area contributed by atoms with Crippen LogP contribution in [-0.4, -0.2) is 24.0 Å². The van der Waals surface area contributed by atoms with E-state index < -0.39 is 0 Å². The van der Waals surface area contributed by atoms with Gasteiger partial charge in [0.15, 0.2) is 0 Å². The SMILES string of the molecule is CC(C)N1CC2CC3(C)CC(C1)C23. The van der Waals surface area contributed by atoms with Gasteiger partial charge in [0.2, 0.25) is 0 Å². The molecule has 2 aliphatic carbocycles. The summed E-state index contributed by atoms with van der Waals surface area (Å²) in [5, 5.41) is 0. The normalized spacial score (nSPS) is 54.0. The maximum atomic E-state index is 2.70. The average molecular weight is 179 g/mol. The Morgan fingerprint density at radius 1 is 1.15 bits per heavy atom. The molecular formula is C12H21N. The molecule has 0 radical (unpaired) electrons. The monoisotopic (exact) mass is 179 g/mol. The first-order chi connectivity index (χ1) is 6.10. The van der Waals surface area contributed by atoms with Crippen LogP contribution in [0.4, 0.5) is 0 Å². The smallest absolute Gasteiger partial charge is 0.00388 e. The Morgan fingerprint density at radius 3 is 2.08 bits per heavy atom. The number of nitrogens with zero attached hydrogens (tertiary/aromatic N) is 1. The molecule has 1 aliphatic heterocycles. The summed E-state index contributed by atoms with van der Waals surface area (Å²) < 4.78 is 0. The highest BCUT2D eigenvalue weighted by molar-refractivity contribution is 5.13. The Kier molecular flexibility index (Phi) is 1.47. The van der Waals surface area contributed by atoms with E-state index in [0.29, 0.717) is 0 Å². The molecule has 0 spiro atoms. The van der Waals surface area contributed by atoms with Crippen molar-refractivity contribution in [2.24, 2.45) is 23.2 Å². The molecule has 3 rings (SSSR count). The molecule has 0 aromatic carbocycles. The summed E-state index contributed by atoms with van der Waals surface area (Å²) in [4.78, 5) is 2.70. The van der Waals surface area contributed by atoms with E-state index in [0.717, 1.165) is 29.2 Å². The lowest BCUT2D eigenvalue weighted by molar-refractivity contribution is -0.216. The first-order valence-corrected chi connectivity index (χ1v) is 5.84. The van der Waals surface area contributed by atoms with Crippen LogP contribution in [0.2, 0.25) is 0 Å². The second-order valence-corrected chi connectivity index (χ2v) is 6.16. The van der Waals surface area contributed by atoms with Crippen LogP contribution in [-0.2, 0) is 0 Å². The molecule has 0 aromatic heterocycles. The van der Waals surface area contributed by atoms with E-state index in [-0.39, 0.29) is 0 Å². The standard InChI is InChI=1S/C12H21N/c1-8(2)13-6-9-4-12(3)5-10(7-13)11(9)12/h8-11H,4-7H2,1-3H3. The van der Waals surface area contributed by atoms with Crippen LogP contribution < -0.4 is 0 Å². The third kappa shape index (κ3) is 0.918. The minimum Gasteiger partial charge on any atom is -0.300 e. The highest BCUT2D eigenvalue weighted by Crippen LogP contribution is 2.68. The molecule has 2 saturated carbocycles. The maximum Gasteiger partial charge on any atom is 0.00388 e. The molecule has 0 amide bonds. The van der Waals surface area contributed by atoms with E-state index in [4.69, 9.17) is 0 Å². The zero-order valence-electron chi connectivity index (χ0n) is 9.09. The van der Waals surface area contributed by atoms with Crippen molar-refractivity contribution in [3.05, 3.63) is 0 Å². The van der Waals surface area contributed by atoms with Crippen LogP contribution in [0.5, 0.6) is 0 Å². The highest BCUT2D eigenvalue weighted by atomic mass is 15.2. The Bertz CT molecular complexity index is 217.